The molecule has 8 heteroatoms. The van der Waals surface area contributed by atoms with Crippen molar-refractivity contribution < 1.29 is 8.42 Å². The van der Waals surface area contributed by atoms with E-state index in [0.29, 0.717) is 0 Å². The van der Waals surface area contributed by atoms with Crippen LogP contribution < -0.4 is 0 Å². The third-order valence-corrected chi connectivity index (χ3v) is 3.85. The second-order valence-electron chi connectivity index (χ2n) is 3.21. The highest BCUT2D eigenvalue weighted by atomic mass is 32.2. The van der Waals surface area contributed by atoms with Crippen LogP contribution in [0.4, 0.5) is 5.69 Å². The Morgan fingerprint density at radius 3 is 2.41 bits per heavy atom. The van der Waals surface area contributed by atoms with Crippen molar-refractivity contribution in [2.75, 3.05) is 12.3 Å². The Bertz CT molecular complexity index is 532. The van der Waals surface area contributed by atoms with Crippen molar-refractivity contribution in [3.8, 4) is 0 Å². The molecule has 0 spiro atoms. The summed E-state index contributed by atoms with van der Waals surface area (Å²) >= 11 is 0. The van der Waals surface area contributed by atoms with Crippen LogP contribution in [0.5, 0.6) is 0 Å². The van der Waals surface area contributed by atoms with Gasteiger partial charge in [-0.3, -0.25) is 0 Å². The van der Waals surface area contributed by atoms with Gasteiger partial charge in [0, 0.05) is 11.5 Å². The summed E-state index contributed by atoms with van der Waals surface area (Å²) in [5.41, 5.74) is 8.22. The van der Waals surface area contributed by atoms with Gasteiger partial charge in [-0.25, -0.2) is 8.42 Å². The molecule has 0 bridgehead atoms. The quantitative estimate of drug-likeness (QED) is 0.255. The second-order valence-corrected chi connectivity index (χ2v) is 5.32. The van der Waals surface area contributed by atoms with Crippen molar-refractivity contribution in [3.05, 3.63) is 39.6 Å². The highest BCUT2D eigenvalue weighted by Gasteiger charge is 2.13. The molecule has 0 heterocycles. The van der Waals surface area contributed by atoms with Crippen LogP contribution in [0.1, 0.15) is 6.42 Å². The predicted octanol–water partition coefficient (Wildman–Crippen LogP) is 2.56. The van der Waals surface area contributed by atoms with Gasteiger partial charge in [0.1, 0.15) is 5.69 Å². The molecular formula is C9H10N4O3S. The Labute approximate surface area is 98.0 Å². The van der Waals surface area contributed by atoms with E-state index in [1.165, 1.54) is 24.3 Å². The lowest BCUT2D eigenvalue weighted by atomic mass is 10.3. The monoisotopic (exact) mass is 254 g/mol. The summed E-state index contributed by atoms with van der Waals surface area (Å²) < 4.78 is 23.5. The Kier molecular flexibility index (Phi) is 4.62. The molecule has 0 atom stereocenters. The molecule has 1 aromatic rings. The smallest absolute Gasteiger partial charge is 0.178 e. The van der Waals surface area contributed by atoms with E-state index >= 15 is 0 Å². The van der Waals surface area contributed by atoms with Gasteiger partial charge in [0.15, 0.2) is 9.84 Å². The molecule has 0 aliphatic heterocycles. The maximum absolute atomic E-state index is 11.8. The van der Waals surface area contributed by atoms with Crippen LogP contribution >= 0.6 is 0 Å². The van der Waals surface area contributed by atoms with Crippen molar-refractivity contribution in [2.24, 2.45) is 10.3 Å². The Hall–Kier alpha value is -1.92. The summed E-state index contributed by atoms with van der Waals surface area (Å²) in [6, 6.07) is 5.35. The molecule has 0 aliphatic carbocycles. The summed E-state index contributed by atoms with van der Waals surface area (Å²) in [5.74, 6) is -0.0973. The zero-order chi connectivity index (χ0) is 12.7. The molecule has 0 amide bonds. The van der Waals surface area contributed by atoms with Crippen LogP contribution in [0.25, 0.3) is 10.4 Å². The van der Waals surface area contributed by atoms with E-state index in [9.17, 15) is 13.3 Å². The van der Waals surface area contributed by atoms with Crippen molar-refractivity contribution in [1.82, 2.24) is 0 Å². The maximum atomic E-state index is 11.8. The van der Waals surface area contributed by atoms with E-state index < -0.39 is 9.84 Å². The standard InChI is InChI=1S/C9H10N4O3S/c10-13-11-6-1-7-17(15,16)9-4-2-8(12-14)3-5-9/h2-5H,1,6-7H2. The summed E-state index contributed by atoms with van der Waals surface area (Å²) in [7, 11) is -3.39. The number of hydrogen-bond donors (Lipinski definition) is 0. The molecule has 0 saturated heterocycles. The van der Waals surface area contributed by atoms with E-state index in [2.05, 4.69) is 15.2 Å². The molecule has 0 radical (unpaired) electrons. The molecular weight excluding hydrogens is 244 g/mol. The lowest BCUT2D eigenvalue weighted by Crippen LogP contribution is -2.07. The predicted molar refractivity (Wildman–Crippen MR) is 62.6 cm³/mol. The van der Waals surface area contributed by atoms with Gasteiger partial charge in [-0.2, -0.15) is 0 Å². The molecule has 0 saturated carbocycles. The minimum Gasteiger partial charge on any atom is -0.224 e. The summed E-state index contributed by atoms with van der Waals surface area (Å²) in [5, 5.41) is 5.94. The fourth-order valence-corrected chi connectivity index (χ4v) is 2.50. The van der Waals surface area contributed by atoms with Gasteiger partial charge in [0.25, 0.3) is 0 Å². The zero-order valence-electron chi connectivity index (χ0n) is 8.85. The summed E-state index contributed by atoms with van der Waals surface area (Å²) in [6.45, 7) is 0.143. The Morgan fingerprint density at radius 2 is 1.88 bits per heavy atom. The summed E-state index contributed by atoms with van der Waals surface area (Å²) in [6.07, 6.45) is 0.264. The number of nitroso groups, excluding NO2 is 1. The lowest BCUT2D eigenvalue weighted by Gasteiger charge is -2.02. The zero-order valence-corrected chi connectivity index (χ0v) is 9.67. The third kappa shape index (κ3) is 3.86. The van der Waals surface area contributed by atoms with Gasteiger partial charge in [-0.1, -0.05) is 5.11 Å². The lowest BCUT2D eigenvalue weighted by molar-refractivity contribution is 0.593. The molecule has 1 aromatic carbocycles. The van der Waals surface area contributed by atoms with Gasteiger partial charge < -0.3 is 0 Å². The number of rotatable bonds is 6. The van der Waals surface area contributed by atoms with Crippen molar-refractivity contribution >= 4 is 15.5 Å². The largest absolute Gasteiger partial charge is 0.224 e. The Morgan fingerprint density at radius 1 is 1.24 bits per heavy atom. The molecule has 0 aliphatic rings. The molecule has 7 nitrogen and oxygen atoms in total. The minimum absolute atomic E-state index is 0.0973. The minimum atomic E-state index is -3.39. The first kappa shape index (κ1) is 13.1. The van der Waals surface area contributed by atoms with Crippen LogP contribution in [0.15, 0.2) is 39.5 Å². The molecule has 0 N–H and O–H groups in total. The van der Waals surface area contributed by atoms with Crippen molar-refractivity contribution in [2.45, 2.75) is 11.3 Å². The molecule has 90 valence electrons. The fraction of sp³-hybridized carbons (Fsp3) is 0.333. The third-order valence-electron chi connectivity index (χ3n) is 2.04. The van der Waals surface area contributed by atoms with E-state index in [0.717, 1.165) is 0 Å². The van der Waals surface area contributed by atoms with E-state index in [1.807, 2.05) is 0 Å². The second kappa shape index (κ2) is 5.97. The van der Waals surface area contributed by atoms with Crippen molar-refractivity contribution in [3.63, 3.8) is 0 Å². The topological polar surface area (TPSA) is 112 Å². The number of nitrogens with zero attached hydrogens (tertiary/aromatic N) is 4. The molecule has 1 rings (SSSR count). The first-order chi connectivity index (χ1) is 8.10. The number of hydrogen-bond acceptors (Lipinski definition) is 5. The summed E-state index contributed by atoms with van der Waals surface area (Å²) in [4.78, 5) is 12.8. The molecule has 0 unspecified atom stereocenters. The first-order valence-corrected chi connectivity index (χ1v) is 6.42. The van der Waals surface area contributed by atoms with Crippen LogP contribution in [0.2, 0.25) is 0 Å². The maximum Gasteiger partial charge on any atom is 0.178 e. The average molecular weight is 254 g/mol. The van der Waals surface area contributed by atoms with Gasteiger partial charge >= 0.3 is 0 Å². The van der Waals surface area contributed by atoms with Crippen LogP contribution in [0.3, 0.4) is 0 Å². The van der Waals surface area contributed by atoms with E-state index in [1.54, 1.807) is 0 Å². The highest BCUT2D eigenvalue weighted by molar-refractivity contribution is 7.91. The molecule has 17 heavy (non-hydrogen) atoms. The first-order valence-electron chi connectivity index (χ1n) is 4.77. The number of sulfone groups is 1. The number of azide groups is 1. The number of benzene rings is 1. The SMILES string of the molecule is [N-]=[N+]=NCCCS(=O)(=O)c1ccc(N=O)cc1. The normalized spacial score (nSPS) is 10.6. The van der Waals surface area contributed by atoms with E-state index in [-0.39, 0.29) is 29.3 Å². The average Bonchev–Trinajstić information content (AvgIpc) is 2.35. The van der Waals surface area contributed by atoms with Gasteiger partial charge in [-0.15, -0.1) is 4.91 Å². The van der Waals surface area contributed by atoms with Crippen LogP contribution in [0, 0.1) is 4.91 Å². The molecule has 0 aromatic heterocycles. The van der Waals surface area contributed by atoms with Crippen molar-refractivity contribution in [1.29, 1.82) is 0 Å². The fourth-order valence-electron chi connectivity index (χ4n) is 1.20. The van der Waals surface area contributed by atoms with Gasteiger partial charge in [-0.05, 0) is 41.4 Å². The molecule has 0 fully saturated rings. The van der Waals surface area contributed by atoms with Crippen LogP contribution in [-0.4, -0.2) is 20.7 Å². The van der Waals surface area contributed by atoms with Gasteiger partial charge in [0.2, 0.25) is 0 Å². The Balaban J connectivity index is 2.74. The van der Waals surface area contributed by atoms with Gasteiger partial charge in [0.05, 0.1) is 10.6 Å². The van der Waals surface area contributed by atoms with Crippen LogP contribution in [-0.2, 0) is 9.84 Å². The van der Waals surface area contributed by atoms with E-state index in [4.69, 9.17) is 5.53 Å². The highest BCUT2D eigenvalue weighted by Crippen LogP contribution is 2.17.